The van der Waals surface area contributed by atoms with Crippen LogP contribution < -0.4 is 4.31 Å². The number of aromatic nitrogens is 1. The first-order chi connectivity index (χ1) is 6.46. The number of alkyl halides is 2. The highest BCUT2D eigenvalue weighted by atomic mass is 32.2. The summed E-state index contributed by atoms with van der Waals surface area (Å²) in [5, 5.41) is 0. The maximum Gasteiger partial charge on any atom is 0.355 e. The van der Waals surface area contributed by atoms with Gasteiger partial charge in [0.05, 0.1) is 11.9 Å². The number of sulfonamides is 1. The number of rotatable bonds is 3. The van der Waals surface area contributed by atoms with Crippen molar-refractivity contribution in [2.24, 2.45) is 0 Å². The van der Waals surface area contributed by atoms with E-state index in [0.29, 0.717) is 4.31 Å². The fraction of sp³-hybridized carbons (Fsp3) is 0.286. The maximum absolute atomic E-state index is 12.1. The molecule has 0 aromatic carbocycles. The van der Waals surface area contributed by atoms with Crippen molar-refractivity contribution < 1.29 is 17.2 Å². The van der Waals surface area contributed by atoms with Crippen LogP contribution in [0.4, 0.5) is 14.5 Å². The number of nitrogens with zero attached hydrogens (tertiary/aromatic N) is 2. The standard InChI is InChI=1S/C7H8F2N2O2S/c1-11(14(12,13)7(8)9)6-3-2-4-10-5-6/h2-5,7H,1H3. The molecule has 1 aromatic rings. The zero-order valence-corrected chi connectivity index (χ0v) is 8.08. The molecular weight excluding hydrogens is 214 g/mol. The Bertz CT molecular complexity index is 393. The summed E-state index contributed by atoms with van der Waals surface area (Å²) in [5.74, 6) is -3.42. The van der Waals surface area contributed by atoms with E-state index in [0.717, 1.165) is 7.05 Å². The lowest BCUT2D eigenvalue weighted by molar-refractivity contribution is 0.234. The van der Waals surface area contributed by atoms with Gasteiger partial charge in [-0.1, -0.05) is 0 Å². The van der Waals surface area contributed by atoms with E-state index >= 15 is 0 Å². The van der Waals surface area contributed by atoms with E-state index in [2.05, 4.69) is 4.98 Å². The lowest BCUT2D eigenvalue weighted by atomic mass is 10.4. The van der Waals surface area contributed by atoms with Gasteiger partial charge >= 0.3 is 5.76 Å². The molecule has 0 saturated carbocycles. The molecule has 0 aliphatic carbocycles. The normalized spacial score (nSPS) is 11.7. The molecule has 14 heavy (non-hydrogen) atoms. The Labute approximate surface area is 80.2 Å². The van der Waals surface area contributed by atoms with Crippen molar-refractivity contribution >= 4 is 15.7 Å². The summed E-state index contributed by atoms with van der Waals surface area (Å²) in [6.45, 7) is 0. The molecule has 1 heterocycles. The molecule has 0 N–H and O–H groups in total. The van der Waals surface area contributed by atoms with Crippen LogP contribution in [0, 0.1) is 0 Å². The zero-order chi connectivity index (χ0) is 10.8. The smallest absolute Gasteiger partial charge is 0.267 e. The average Bonchev–Trinajstić information content (AvgIpc) is 2.17. The van der Waals surface area contributed by atoms with E-state index in [9.17, 15) is 17.2 Å². The summed E-state index contributed by atoms with van der Waals surface area (Å²) in [4.78, 5) is 3.63. The molecule has 7 heteroatoms. The molecule has 0 bridgehead atoms. The Morgan fingerprint density at radius 2 is 2.14 bits per heavy atom. The van der Waals surface area contributed by atoms with Gasteiger partial charge in [-0.2, -0.15) is 8.78 Å². The van der Waals surface area contributed by atoms with E-state index in [1.807, 2.05) is 0 Å². The van der Waals surface area contributed by atoms with E-state index < -0.39 is 15.8 Å². The lowest BCUT2D eigenvalue weighted by Gasteiger charge is -2.17. The van der Waals surface area contributed by atoms with Crippen molar-refractivity contribution in [2.75, 3.05) is 11.4 Å². The Hall–Kier alpha value is -1.24. The van der Waals surface area contributed by atoms with Gasteiger partial charge in [0.2, 0.25) is 0 Å². The number of hydrogen-bond acceptors (Lipinski definition) is 3. The van der Waals surface area contributed by atoms with E-state index in [4.69, 9.17) is 0 Å². The van der Waals surface area contributed by atoms with Crippen LogP contribution >= 0.6 is 0 Å². The zero-order valence-electron chi connectivity index (χ0n) is 7.26. The van der Waals surface area contributed by atoms with Gasteiger partial charge in [0.1, 0.15) is 0 Å². The van der Waals surface area contributed by atoms with Crippen molar-refractivity contribution in [1.29, 1.82) is 0 Å². The number of halogens is 2. The van der Waals surface area contributed by atoms with Gasteiger partial charge in [0.25, 0.3) is 10.0 Å². The highest BCUT2D eigenvalue weighted by Crippen LogP contribution is 2.18. The first-order valence-corrected chi connectivity index (χ1v) is 5.12. The van der Waals surface area contributed by atoms with Gasteiger partial charge in [-0.15, -0.1) is 0 Å². The summed E-state index contributed by atoms with van der Waals surface area (Å²) >= 11 is 0. The molecule has 0 saturated heterocycles. The molecule has 0 radical (unpaired) electrons. The van der Waals surface area contributed by atoms with Crippen LogP contribution in [-0.4, -0.2) is 26.2 Å². The molecule has 0 atom stereocenters. The van der Waals surface area contributed by atoms with Crippen molar-refractivity contribution in [3.8, 4) is 0 Å². The third-order valence-corrected chi connectivity index (χ3v) is 3.04. The minimum atomic E-state index is -4.57. The van der Waals surface area contributed by atoms with E-state index in [1.54, 1.807) is 0 Å². The number of pyridine rings is 1. The topological polar surface area (TPSA) is 50.3 Å². The van der Waals surface area contributed by atoms with E-state index in [-0.39, 0.29) is 5.69 Å². The highest BCUT2D eigenvalue weighted by Gasteiger charge is 2.29. The molecule has 0 aliphatic rings. The first-order valence-electron chi connectivity index (χ1n) is 3.62. The maximum atomic E-state index is 12.1. The highest BCUT2D eigenvalue weighted by molar-refractivity contribution is 7.93. The fourth-order valence-electron chi connectivity index (χ4n) is 0.806. The molecular formula is C7H8F2N2O2S. The number of anilines is 1. The second-order valence-electron chi connectivity index (χ2n) is 2.48. The summed E-state index contributed by atoms with van der Waals surface area (Å²) in [5.41, 5.74) is 0.104. The second-order valence-corrected chi connectivity index (χ2v) is 4.42. The Balaban J connectivity index is 3.03. The second kappa shape index (κ2) is 3.87. The third-order valence-electron chi connectivity index (χ3n) is 1.62. The average molecular weight is 222 g/mol. The Morgan fingerprint density at radius 3 is 2.57 bits per heavy atom. The first kappa shape index (κ1) is 10.8. The van der Waals surface area contributed by atoms with Gasteiger partial charge in [-0.05, 0) is 12.1 Å². The molecule has 0 fully saturated rings. The van der Waals surface area contributed by atoms with Gasteiger partial charge in [0.15, 0.2) is 0 Å². The molecule has 4 nitrogen and oxygen atoms in total. The van der Waals surface area contributed by atoms with Crippen LogP contribution in [0.15, 0.2) is 24.5 Å². The van der Waals surface area contributed by atoms with Crippen LogP contribution in [0.2, 0.25) is 0 Å². The summed E-state index contributed by atoms with van der Waals surface area (Å²) in [7, 11) is -3.52. The summed E-state index contributed by atoms with van der Waals surface area (Å²) in [6, 6.07) is 2.85. The summed E-state index contributed by atoms with van der Waals surface area (Å²) in [6.07, 6.45) is 2.62. The van der Waals surface area contributed by atoms with Crippen molar-refractivity contribution in [3.05, 3.63) is 24.5 Å². The molecule has 0 amide bonds. The summed E-state index contributed by atoms with van der Waals surface area (Å²) < 4.78 is 46.7. The lowest BCUT2D eigenvalue weighted by Crippen LogP contribution is -2.31. The van der Waals surface area contributed by atoms with Crippen LogP contribution in [0.25, 0.3) is 0 Å². The van der Waals surface area contributed by atoms with Crippen molar-refractivity contribution in [1.82, 2.24) is 4.98 Å². The monoisotopic (exact) mass is 222 g/mol. The fourth-order valence-corrected chi connectivity index (χ4v) is 1.45. The van der Waals surface area contributed by atoms with Crippen molar-refractivity contribution in [2.45, 2.75) is 5.76 Å². The van der Waals surface area contributed by atoms with Gasteiger partial charge in [-0.3, -0.25) is 9.29 Å². The Morgan fingerprint density at radius 1 is 1.50 bits per heavy atom. The Kier molecular flexibility index (Phi) is 3.00. The molecule has 0 unspecified atom stereocenters. The van der Waals surface area contributed by atoms with Crippen molar-refractivity contribution in [3.63, 3.8) is 0 Å². The third kappa shape index (κ3) is 1.98. The minimum Gasteiger partial charge on any atom is -0.267 e. The van der Waals surface area contributed by atoms with Gasteiger partial charge < -0.3 is 0 Å². The van der Waals surface area contributed by atoms with Gasteiger partial charge in [0, 0.05) is 13.2 Å². The predicted molar refractivity (Wildman–Crippen MR) is 47.6 cm³/mol. The molecule has 1 rings (SSSR count). The predicted octanol–water partition coefficient (Wildman–Crippen LogP) is 1.07. The SMILES string of the molecule is CN(c1cccnc1)S(=O)(=O)C(F)F. The van der Waals surface area contributed by atoms with Crippen LogP contribution in [0.1, 0.15) is 0 Å². The molecule has 0 aliphatic heterocycles. The number of hydrogen-bond donors (Lipinski definition) is 0. The largest absolute Gasteiger partial charge is 0.355 e. The molecule has 1 aromatic heterocycles. The molecule has 78 valence electrons. The minimum absolute atomic E-state index is 0.104. The quantitative estimate of drug-likeness (QED) is 0.768. The van der Waals surface area contributed by atoms with Gasteiger partial charge in [-0.25, -0.2) is 8.42 Å². The van der Waals surface area contributed by atoms with Crippen LogP contribution in [0.3, 0.4) is 0 Å². The molecule has 0 spiro atoms. The van der Waals surface area contributed by atoms with E-state index in [1.165, 1.54) is 24.5 Å². The van der Waals surface area contributed by atoms with Crippen LogP contribution in [-0.2, 0) is 10.0 Å². The van der Waals surface area contributed by atoms with Crippen LogP contribution in [0.5, 0.6) is 0 Å².